The minimum absolute atomic E-state index is 0.0539. The molecule has 1 aliphatic heterocycles. The molecule has 0 spiro atoms. The lowest BCUT2D eigenvalue weighted by atomic mass is 9.80. The van der Waals surface area contributed by atoms with E-state index in [1.807, 2.05) is 37.3 Å². The van der Waals surface area contributed by atoms with Gasteiger partial charge in [-0.3, -0.25) is 19.2 Å². The topological polar surface area (TPSA) is 74.6 Å². The highest BCUT2D eigenvalue weighted by Gasteiger charge is 2.57. The summed E-state index contributed by atoms with van der Waals surface area (Å²) in [5.74, 6) is -0.347. The molecule has 1 fully saturated rings. The average Bonchev–Trinajstić information content (AvgIpc) is 3.12. The third-order valence-electron chi connectivity index (χ3n) is 5.10. The first-order chi connectivity index (χ1) is 12.9. The summed E-state index contributed by atoms with van der Waals surface area (Å²) in [6, 6.07) is 16.0. The van der Waals surface area contributed by atoms with Gasteiger partial charge in [0, 0.05) is 11.6 Å². The number of hydrogen-bond acceptors (Lipinski definition) is 4. The molecule has 2 N–H and O–H groups in total. The minimum atomic E-state index is -0.814. The number of fused-ring (bicyclic) bond motifs is 1. The molecule has 7 heteroatoms. The van der Waals surface area contributed by atoms with E-state index >= 15 is 0 Å². The monoisotopic (exact) mass is 383 g/mol. The van der Waals surface area contributed by atoms with Crippen LogP contribution < -0.4 is 5.43 Å². The summed E-state index contributed by atoms with van der Waals surface area (Å²) in [6.45, 7) is 1.77. The van der Waals surface area contributed by atoms with E-state index < -0.39 is 10.9 Å². The number of carbonyl (C=O) groups excluding carboxylic acids is 2. The quantitative estimate of drug-likeness (QED) is 0.536. The van der Waals surface area contributed by atoms with Crippen LogP contribution in [0.5, 0.6) is 5.75 Å². The number of para-hydroxylation sites is 1. The molecule has 2 aromatic carbocycles. The Morgan fingerprint density at radius 1 is 1.19 bits per heavy atom. The fraction of sp³-hybridized carbons (Fsp3) is 0.200. The van der Waals surface area contributed by atoms with E-state index in [1.165, 1.54) is 5.01 Å². The molecular weight excluding hydrogens is 366 g/mol. The summed E-state index contributed by atoms with van der Waals surface area (Å²) in [7, 11) is 0. The third-order valence-corrected chi connectivity index (χ3v) is 5.72. The van der Waals surface area contributed by atoms with Gasteiger partial charge in [0.25, 0.3) is 5.91 Å². The number of hydrazine groups is 1. The summed E-state index contributed by atoms with van der Waals surface area (Å²) < 4.78 is 1.56. The number of aromatic hydroxyl groups is 1. The number of aromatic nitrogens is 1. The van der Waals surface area contributed by atoms with Gasteiger partial charge in [-0.05, 0) is 36.8 Å². The van der Waals surface area contributed by atoms with Crippen LogP contribution in [0.3, 0.4) is 0 Å². The Morgan fingerprint density at radius 3 is 2.63 bits per heavy atom. The maximum Gasteiger partial charge on any atom is 0.258 e. The smallest absolute Gasteiger partial charge is 0.258 e. The van der Waals surface area contributed by atoms with Gasteiger partial charge in [0.05, 0.1) is 12.1 Å². The lowest BCUT2D eigenvalue weighted by molar-refractivity contribution is -0.162. The largest absolute Gasteiger partial charge is 0.508 e. The fourth-order valence-electron chi connectivity index (χ4n) is 3.48. The Hall–Kier alpha value is -2.83. The first-order valence-corrected chi connectivity index (χ1v) is 8.97. The molecule has 138 valence electrons. The van der Waals surface area contributed by atoms with Crippen molar-refractivity contribution < 1.29 is 14.7 Å². The second-order valence-corrected chi connectivity index (χ2v) is 7.14. The Balaban J connectivity index is 1.53. The molecule has 6 nitrogen and oxygen atoms in total. The SMILES string of the molecule is CC1(c2ccc(O)cc2)C(Cl)C(=O)N1NCC(=O)n1ccc2ccccc21. The van der Waals surface area contributed by atoms with Crippen molar-refractivity contribution in [1.82, 2.24) is 15.0 Å². The van der Waals surface area contributed by atoms with Crippen LogP contribution in [0.15, 0.2) is 60.8 Å². The normalized spacial score (nSPS) is 22.1. The highest BCUT2D eigenvalue weighted by molar-refractivity contribution is 6.34. The molecule has 3 aromatic rings. The van der Waals surface area contributed by atoms with Crippen LogP contribution in [0.1, 0.15) is 17.3 Å². The van der Waals surface area contributed by atoms with Gasteiger partial charge in [0.2, 0.25) is 5.91 Å². The lowest BCUT2D eigenvalue weighted by Crippen LogP contribution is -2.73. The van der Waals surface area contributed by atoms with Crippen LogP contribution >= 0.6 is 11.6 Å². The molecule has 4 rings (SSSR count). The number of carbonyl (C=O) groups is 2. The number of benzene rings is 2. The van der Waals surface area contributed by atoms with Crippen LogP contribution in [-0.4, -0.2) is 38.4 Å². The van der Waals surface area contributed by atoms with Crippen molar-refractivity contribution in [3.8, 4) is 5.75 Å². The number of rotatable bonds is 4. The number of halogens is 1. The van der Waals surface area contributed by atoms with Crippen LogP contribution in [0.25, 0.3) is 10.9 Å². The number of phenolic OH excluding ortho intramolecular Hbond substituents is 1. The van der Waals surface area contributed by atoms with Gasteiger partial charge in [0.1, 0.15) is 16.7 Å². The number of nitrogens with zero attached hydrogens (tertiary/aromatic N) is 2. The number of β-lactam (4-membered cyclic amide) rings is 1. The molecule has 2 unspecified atom stereocenters. The molecule has 1 amide bonds. The van der Waals surface area contributed by atoms with E-state index in [2.05, 4.69) is 5.43 Å². The van der Waals surface area contributed by atoms with Gasteiger partial charge in [-0.1, -0.05) is 30.3 Å². The molecule has 0 radical (unpaired) electrons. The van der Waals surface area contributed by atoms with Crippen molar-refractivity contribution in [3.63, 3.8) is 0 Å². The molecule has 0 saturated carbocycles. The maximum absolute atomic E-state index is 12.6. The van der Waals surface area contributed by atoms with Gasteiger partial charge in [-0.25, -0.2) is 5.43 Å². The number of phenols is 1. The molecule has 1 aromatic heterocycles. The zero-order valence-electron chi connectivity index (χ0n) is 14.6. The summed E-state index contributed by atoms with van der Waals surface area (Å²) in [5, 5.41) is 11.1. The maximum atomic E-state index is 12.6. The van der Waals surface area contributed by atoms with E-state index in [9.17, 15) is 14.7 Å². The lowest BCUT2D eigenvalue weighted by Gasteiger charge is -2.53. The number of hydrogen-bond donors (Lipinski definition) is 2. The van der Waals surface area contributed by atoms with Crippen molar-refractivity contribution in [3.05, 3.63) is 66.4 Å². The summed E-state index contributed by atoms with van der Waals surface area (Å²) in [5.41, 5.74) is 3.69. The number of amides is 1. The van der Waals surface area contributed by atoms with Gasteiger partial charge in [0.15, 0.2) is 0 Å². The molecular formula is C20H18ClN3O3. The van der Waals surface area contributed by atoms with Crippen molar-refractivity contribution in [2.75, 3.05) is 6.54 Å². The van der Waals surface area contributed by atoms with Gasteiger partial charge in [-0.15, -0.1) is 11.6 Å². The fourth-order valence-corrected chi connectivity index (χ4v) is 3.80. The molecule has 2 heterocycles. The molecule has 0 aliphatic carbocycles. The van der Waals surface area contributed by atoms with E-state index in [0.29, 0.717) is 0 Å². The Labute approximate surface area is 160 Å². The van der Waals surface area contributed by atoms with Crippen molar-refractivity contribution in [2.24, 2.45) is 0 Å². The Kier molecular flexibility index (Phi) is 4.17. The van der Waals surface area contributed by atoms with Crippen molar-refractivity contribution in [2.45, 2.75) is 17.8 Å². The second kappa shape index (κ2) is 6.40. The predicted octanol–water partition coefficient (Wildman–Crippen LogP) is 2.86. The first kappa shape index (κ1) is 17.6. The zero-order valence-corrected chi connectivity index (χ0v) is 15.3. The van der Waals surface area contributed by atoms with Gasteiger partial charge < -0.3 is 5.11 Å². The van der Waals surface area contributed by atoms with Crippen molar-refractivity contribution in [1.29, 1.82) is 0 Å². The Morgan fingerprint density at radius 2 is 1.89 bits per heavy atom. The molecule has 2 atom stereocenters. The Bertz CT molecular complexity index is 1030. The molecule has 27 heavy (non-hydrogen) atoms. The third kappa shape index (κ3) is 2.69. The van der Waals surface area contributed by atoms with Crippen LogP contribution in [-0.2, 0) is 10.3 Å². The van der Waals surface area contributed by atoms with Gasteiger partial charge in [-0.2, -0.15) is 0 Å². The summed E-state index contributed by atoms with van der Waals surface area (Å²) in [6.07, 6.45) is 1.72. The minimum Gasteiger partial charge on any atom is -0.508 e. The highest BCUT2D eigenvalue weighted by Crippen LogP contribution is 2.43. The van der Waals surface area contributed by atoms with Crippen LogP contribution in [0, 0.1) is 0 Å². The second-order valence-electron chi connectivity index (χ2n) is 6.70. The number of nitrogens with one attached hydrogen (secondary N) is 1. The van der Waals surface area contributed by atoms with Gasteiger partial charge >= 0.3 is 0 Å². The van der Waals surface area contributed by atoms with Crippen LogP contribution in [0.4, 0.5) is 0 Å². The molecule has 1 aliphatic rings. The van der Waals surface area contributed by atoms with E-state index in [0.717, 1.165) is 16.5 Å². The van der Waals surface area contributed by atoms with Crippen molar-refractivity contribution >= 4 is 34.3 Å². The predicted molar refractivity (Wildman–Crippen MR) is 103 cm³/mol. The van der Waals surface area contributed by atoms with Crippen LogP contribution in [0.2, 0.25) is 0 Å². The van der Waals surface area contributed by atoms with E-state index in [4.69, 9.17) is 11.6 Å². The van der Waals surface area contributed by atoms with E-state index in [-0.39, 0.29) is 24.1 Å². The first-order valence-electron chi connectivity index (χ1n) is 8.53. The molecule has 0 bridgehead atoms. The average molecular weight is 384 g/mol. The summed E-state index contributed by atoms with van der Waals surface area (Å²) >= 11 is 6.28. The summed E-state index contributed by atoms with van der Waals surface area (Å²) in [4.78, 5) is 24.9. The molecule has 1 saturated heterocycles. The zero-order chi connectivity index (χ0) is 19.2. The number of alkyl halides is 1. The standard InChI is InChI=1S/C20H18ClN3O3/c1-20(14-6-8-15(25)9-7-14)18(21)19(27)24(20)22-12-17(26)23-11-10-13-4-2-3-5-16(13)23/h2-11,18,22,25H,12H2,1H3. The highest BCUT2D eigenvalue weighted by atomic mass is 35.5. The van der Waals surface area contributed by atoms with E-state index in [1.54, 1.807) is 35.0 Å².